The molecule has 3 nitrogen and oxygen atoms in total. The van der Waals surface area contributed by atoms with E-state index in [9.17, 15) is 0 Å². The van der Waals surface area contributed by atoms with Crippen molar-refractivity contribution in [3.8, 4) is 5.75 Å². The fraction of sp³-hybridized carbons (Fsp3) is 0.400. The number of likely N-dealkylation sites (N-methyl/N-ethyl adjacent to an activating group) is 1. The predicted octanol–water partition coefficient (Wildman–Crippen LogP) is 3.24. The van der Waals surface area contributed by atoms with Crippen LogP contribution in [0.1, 0.15) is 23.1 Å². The van der Waals surface area contributed by atoms with Crippen molar-refractivity contribution >= 4 is 0 Å². The maximum Gasteiger partial charge on any atom is 0.123 e. The van der Waals surface area contributed by atoms with Crippen molar-refractivity contribution in [1.82, 2.24) is 9.80 Å². The molecule has 2 atom stereocenters. The normalized spacial score (nSPS) is 27.1. The molecular weight excluding hydrogens is 284 g/mol. The monoisotopic (exact) mass is 308 g/mol. The zero-order chi connectivity index (χ0) is 15.9. The van der Waals surface area contributed by atoms with Gasteiger partial charge >= 0.3 is 0 Å². The van der Waals surface area contributed by atoms with Gasteiger partial charge in [-0.1, -0.05) is 42.5 Å². The van der Waals surface area contributed by atoms with E-state index in [4.69, 9.17) is 4.74 Å². The minimum atomic E-state index is 0.127. The minimum Gasteiger partial charge on any atom is -0.496 e. The molecule has 23 heavy (non-hydrogen) atoms. The van der Waals surface area contributed by atoms with Crippen LogP contribution in [0.2, 0.25) is 0 Å². The number of hydrogen-bond acceptors (Lipinski definition) is 3. The summed E-state index contributed by atoms with van der Waals surface area (Å²) in [5.41, 5.74) is 4.31. The Morgan fingerprint density at radius 2 is 1.83 bits per heavy atom. The average molecular weight is 308 g/mol. The molecule has 3 heteroatoms. The number of fused-ring (bicyclic) bond motifs is 3. The number of methoxy groups -OCH3 is 1. The standard InChI is InChI=1S/C20H24N2O/c1-21-13-16-7-6-10-19(23-2)18(16)14-22-12-11-20(21,15-22)17-8-4-3-5-9-17/h3-10H,11-15H2,1-2H3/t20-/m0/s1. The Kier molecular flexibility index (Phi) is 3.63. The molecule has 0 saturated carbocycles. The molecule has 2 aliphatic rings. The van der Waals surface area contributed by atoms with Crippen molar-refractivity contribution < 1.29 is 4.74 Å². The largest absolute Gasteiger partial charge is 0.496 e. The lowest BCUT2D eigenvalue weighted by Crippen LogP contribution is -2.46. The smallest absolute Gasteiger partial charge is 0.123 e. The summed E-state index contributed by atoms with van der Waals surface area (Å²) in [5.74, 6) is 1.02. The molecule has 0 aromatic heterocycles. The highest BCUT2D eigenvalue weighted by Crippen LogP contribution is 2.41. The Bertz CT molecular complexity index is 700. The van der Waals surface area contributed by atoms with Gasteiger partial charge in [-0.2, -0.15) is 0 Å². The quantitative estimate of drug-likeness (QED) is 0.847. The Balaban J connectivity index is 1.78. The highest BCUT2D eigenvalue weighted by molar-refractivity contribution is 5.41. The van der Waals surface area contributed by atoms with Crippen molar-refractivity contribution in [1.29, 1.82) is 0 Å². The number of hydrogen-bond donors (Lipinski definition) is 0. The molecule has 2 aromatic rings. The molecule has 1 unspecified atom stereocenters. The van der Waals surface area contributed by atoms with Crippen LogP contribution in [0.3, 0.4) is 0 Å². The fourth-order valence-electron chi connectivity index (χ4n) is 4.28. The first-order chi connectivity index (χ1) is 11.2. The molecule has 0 radical (unpaired) electrons. The van der Waals surface area contributed by atoms with Gasteiger partial charge in [0.15, 0.2) is 0 Å². The molecule has 1 fully saturated rings. The van der Waals surface area contributed by atoms with E-state index in [0.717, 1.165) is 31.9 Å². The van der Waals surface area contributed by atoms with Gasteiger partial charge in [0.1, 0.15) is 5.75 Å². The van der Waals surface area contributed by atoms with E-state index in [2.05, 4.69) is 65.4 Å². The summed E-state index contributed by atoms with van der Waals surface area (Å²) in [5, 5.41) is 0. The maximum atomic E-state index is 5.62. The Hall–Kier alpha value is -1.84. The lowest BCUT2D eigenvalue weighted by molar-refractivity contribution is 0.105. The van der Waals surface area contributed by atoms with Gasteiger partial charge < -0.3 is 4.74 Å². The Labute approximate surface area is 138 Å². The molecule has 2 aromatic carbocycles. The van der Waals surface area contributed by atoms with Crippen molar-refractivity contribution in [2.45, 2.75) is 25.0 Å². The zero-order valence-corrected chi connectivity index (χ0v) is 14.0. The third kappa shape index (κ3) is 2.35. The van der Waals surface area contributed by atoms with Gasteiger partial charge in [0.25, 0.3) is 0 Å². The Morgan fingerprint density at radius 3 is 2.61 bits per heavy atom. The summed E-state index contributed by atoms with van der Waals surface area (Å²) in [6, 6.07) is 17.4. The molecule has 1 saturated heterocycles. The molecule has 2 aliphatic heterocycles. The predicted molar refractivity (Wildman–Crippen MR) is 92.5 cm³/mol. The molecular formula is C20H24N2O. The van der Waals surface area contributed by atoms with Gasteiger partial charge in [-0.15, -0.1) is 0 Å². The van der Waals surface area contributed by atoms with Crippen LogP contribution in [0.4, 0.5) is 0 Å². The summed E-state index contributed by atoms with van der Waals surface area (Å²) in [7, 11) is 4.04. The molecule has 4 rings (SSSR count). The van der Waals surface area contributed by atoms with Crippen LogP contribution in [-0.2, 0) is 18.6 Å². The van der Waals surface area contributed by atoms with Crippen molar-refractivity contribution in [3.05, 3.63) is 65.2 Å². The molecule has 0 N–H and O–H groups in total. The van der Waals surface area contributed by atoms with Crippen LogP contribution in [0.25, 0.3) is 0 Å². The third-order valence-electron chi connectivity index (χ3n) is 5.61. The van der Waals surface area contributed by atoms with E-state index in [0.29, 0.717) is 0 Å². The average Bonchev–Trinajstić information content (AvgIpc) is 3.03. The van der Waals surface area contributed by atoms with Gasteiger partial charge in [-0.25, -0.2) is 0 Å². The van der Waals surface area contributed by atoms with Crippen LogP contribution >= 0.6 is 0 Å². The first kappa shape index (κ1) is 14.7. The first-order valence-corrected chi connectivity index (χ1v) is 8.37. The second-order valence-corrected chi connectivity index (χ2v) is 6.81. The number of rotatable bonds is 2. The van der Waals surface area contributed by atoms with E-state index in [-0.39, 0.29) is 5.54 Å². The summed E-state index contributed by atoms with van der Waals surface area (Å²) >= 11 is 0. The molecule has 2 heterocycles. The second kappa shape index (κ2) is 5.66. The first-order valence-electron chi connectivity index (χ1n) is 8.37. The topological polar surface area (TPSA) is 15.7 Å². The number of nitrogens with zero attached hydrogens (tertiary/aromatic N) is 2. The molecule has 0 amide bonds. The van der Waals surface area contributed by atoms with Gasteiger partial charge in [0.05, 0.1) is 12.6 Å². The highest BCUT2D eigenvalue weighted by atomic mass is 16.5. The summed E-state index contributed by atoms with van der Waals surface area (Å²) < 4.78 is 5.62. The molecule has 0 spiro atoms. The lowest BCUT2D eigenvalue weighted by atomic mass is 9.86. The highest BCUT2D eigenvalue weighted by Gasteiger charge is 2.44. The zero-order valence-electron chi connectivity index (χ0n) is 14.0. The number of benzene rings is 2. The van der Waals surface area contributed by atoms with Crippen LogP contribution < -0.4 is 4.74 Å². The lowest BCUT2D eigenvalue weighted by Gasteiger charge is -2.41. The number of ether oxygens (including phenoxy) is 1. The van der Waals surface area contributed by atoms with E-state index in [1.807, 2.05) is 0 Å². The second-order valence-electron chi connectivity index (χ2n) is 6.81. The summed E-state index contributed by atoms with van der Waals surface area (Å²) in [4.78, 5) is 5.11. The Morgan fingerprint density at radius 1 is 1.00 bits per heavy atom. The van der Waals surface area contributed by atoms with E-state index >= 15 is 0 Å². The van der Waals surface area contributed by atoms with Gasteiger partial charge in [-0.3, -0.25) is 9.80 Å². The van der Waals surface area contributed by atoms with Crippen molar-refractivity contribution in [3.63, 3.8) is 0 Å². The molecule has 0 aliphatic carbocycles. The minimum absolute atomic E-state index is 0.127. The van der Waals surface area contributed by atoms with E-state index < -0.39 is 0 Å². The van der Waals surface area contributed by atoms with Gasteiger partial charge in [0, 0.05) is 31.7 Å². The van der Waals surface area contributed by atoms with Gasteiger partial charge in [-0.05, 0) is 30.7 Å². The van der Waals surface area contributed by atoms with Gasteiger partial charge in [0.2, 0.25) is 0 Å². The third-order valence-corrected chi connectivity index (χ3v) is 5.61. The fourth-order valence-corrected chi connectivity index (χ4v) is 4.28. The van der Waals surface area contributed by atoms with E-state index in [1.54, 1.807) is 7.11 Å². The summed E-state index contributed by atoms with van der Waals surface area (Å²) in [6.07, 6.45) is 1.18. The maximum absolute atomic E-state index is 5.62. The summed E-state index contributed by atoms with van der Waals surface area (Å²) in [6.45, 7) is 4.18. The van der Waals surface area contributed by atoms with Crippen LogP contribution in [0.5, 0.6) is 5.75 Å². The van der Waals surface area contributed by atoms with Crippen LogP contribution in [0.15, 0.2) is 48.5 Å². The molecule has 120 valence electrons. The van der Waals surface area contributed by atoms with Crippen molar-refractivity contribution in [2.75, 3.05) is 27.2 Å². The van der Waals surface area contributed by atoms with E-state index in [1.165, 1.54) is 23.1 Å². The van der Waals surface area contributed by atoms with Crippen LogP contribution in [-0.4, -0.2) is 37.0 Å². The SMILES string of the molecule is COc1cccc2c1CN1CC[C@@](c3ccccc3)(C1)N(C)C2. The van der Waals surface area contributed by atoms with Crippen molar-refractivity contribution in [2.24, 2.45) is 0 Å². The van der Waals surface area contributed by atoms with Crippen LogP contribution in [0, 0.1) is 0 Å². The molecule has 2 bridgehead atoms.